The van der Waals surface area contributed by atoms with Gasteiger partial charge in [-0.2, -0.15) is 0 Å². The lowest BCUT2D eigenvalue weighted by molar-refractivity contribution is 0.1000. The van der Waals surface area contributed by atoms with E-state index in [-0.39, 0.29) is 5.56 Å². The maximum absolute atomic E-state index is 11.3. The third kappa shape index (κ3) is 3.79. The SMILES string of the molecule is NC(=O)c1cnc(Sc2nnc(N3CCCC3)n2Cc2ccco2)c(Cl)c1. The van der Waals surface area contributed by atoms with Gasteiger partial charge in [0.2, 0.25) is 11.9 Å². The highest BCUT2D eigenvalue weighted by Crippen LogP contribution is 2.33. The summed E-state index contributed by atoms with van der Waals surface area (Å²) in [5, 5.41) is 10.2. The monoisotopic (exact) mass is 404 g/mol. The molecule has 0 radical (unpaired) electrons. The molecule has 0 atom stereocenters. The summed E-state index contributed by atoms with van der Waals surface area (Å²) in [4.78, 5) is 17.7. The summed E-state index contributed by atoms with van der Waals surface area (Å²) < 4.78 is 7.49. The van der Waals surface area contributed by atoms with E-state index < -0.39 is 5.91 Å². The van der Waals surface area contributed by atoms with Crippen LogP contribution in [0.25, 0.3) is 0 Å². The Bertz CT molecular complexity index is 952. The number of halogens is 1. The second kappa shape index (κ2) is 7.61. The number of amides is 1. The third-order valence-electron chi connectivity index (χ3n) is 4.26. The Morgan fingerprint density at radius 2 is 2.15 bits per heavy atom. The number of furan rings is 1. The molecule has 2 N–H and O–H groups in total. The quantitative estimate of drug-likeness (QED) is 0.673. The largest absolute Gasteiger partial charge is 0.467 e. The summed E-state index contributed by atoms with van der Waals surface area (Å²) >= 11 is 7.56. The summed E-state index contributed by atoms with van der Waals surface area (Å²) in [6.07, 6.45) is 5.32. The van der Waals surface area contributed by atoms with Gasteiger partial charge in [0, 0.05) is 19.3 Å². The number of carbonyl (C=O) groups is 1. The van der Waals surface area contributed by atoms with Crippen LogP contribution in [0, 0.1) is 0 Å². The molecule has 140 valence electrons. The summed E-state index contributed by atoms with van der Waals surface area (Å²) in [6.45, 7) is 2.41. The van der Waals surface area contributed by atoms with Crippen LogP contribution in [0.15, 0.2) is 45.3 Å². The summed E-state index contributed by atoms with van der Waals surface area (Å²) in [5.74, 6) is 1.04. The first-order valence-corrected chi connectivity index (χ1v) is 9.65. The van der Waals surface area contributed by atoms with Gasteiger partial charge in [-0.15, -0.1) is 10.2 Å². The Balaban J connectivity index is 1.66. The Morgan fingerprint density at radius 1 is 1.33 bits per heavy atom. The van der Waals surface area contributed by atoms with E-state index in [0.29, 0.717) is 21.7 Å². The lowest BCUT2D eigenvalue weighted by Gasteiger charge is -2.17. The number of nitrogens with two attached hydrogens (primary N) is 1. The van der Waals surface area contributed by atoms with E-state index in [4.69, 9.17) is 21.8 Å². The van der Waals surface area contributed by atoms with Gasteiger partial charge >= 0.3 is 0 Å². The van der Waals surface area contributed by atoms with Gasteiger partial charge in [-0.25, -0.2) is 4.98 Å². The number of rotatable bonds is 6. The van der Waals surface area contributed by atoms with E-state index in [1.54, 1.807) is 6.26 Å². The Hall–Kier alpha value is -2.52. The van der Waals surface area contributed by atoms with Crippen molar-refractivity contribution in [2.24, 2.45) is 5.73 Å². The fourth-order valence-corrected chi connectivity index (χ4v) is 3.98. The highest BCUT2D eigenvalue weighted by Gasteiger charge is 2.23. The molecule has 0 saturated carbocycles. The number of hydrogen-bond donors (Lipinski definition) is 1. The first-order chi connectivity index (χ1) is 13.1. The van der Waals surface area contributed by atoms with E-state index in [9.17, 15) is 4.79 Å². The van der Waals surface area contributed by atoms with Crippen LogP contribution in [0.1, 0.15) is 29.0 Å². The van der Waals surface area contributed by atoms with Crippen LogP contribution in [0.4, 0.5) is 5.95 Å². The minimum absolute atomic E-state index is 0.263. The van der Waals surface area contributed by atoms with Gasteiger partial charge in [0.05, 0.1) is 23.4 Å². The molecule has 1 aliphatic heterocycles. The van der Waals surface area contributed by atoms with Crippen LogP contribution < -0.4 is 10.6 Å². The molecule has 0 aromatic carbocycles. The number of hydrogen-bond acceptors (Lipinski definition) is 7. The first-order valence-electron chi connectivity index (χ1n) is 8.45. The van der Waals surface area contributed by atoms with Crippen LogP contribution >= 0.6 is 23.4 Å². The topological polar surface area (TPSA) is 103 Å². The van der Waals surface area contributed by atoms with E-state index in [1.807, 2.05) is 16.7 Å². The normalized spacial score (nSPS) is 14.0. The zero-order valence-corrected chi connectivity index (χ0v) is 15.9. The molecule has 8 nitrogen and oxygen atoms in total. The predicted molar refractivity (Wildman–Crippen MR) is 101 cm³/mol. The molecule has 0 spiro atoms. The molecule has 1 fully saturated rings. The molecule has 27 heavy (non-hydrogen) atoms. The molecule has 1 saturated heterocycles. The number of nitrogens with zero attached hydrogens (tertiary/aromatic N) is 5. The van der Waals surface area contributed by atoms with E-state index in [0.717, 1.165) is 37.6 Å². The second-order valence-corrected chi connectivity index (χ2v) is 7.48. The Labute approximate surface area is 164 Å². The smallest absolute Gasteiger partial charge is 0.250 e. The second-order valence-electron chi connectivity index (χ2n) is 6.12. The molecule has 3 aromatic heterocycles. The van der Waals surface area contributed by atoms with Crippen molar-refractivity contribution in [3.05, 3.63) is 47.0 Å². The fourth-order valence-electron chi connectivity index (χ4n) is 2.93. The van der Waals surface area contributed by atoms with E-state index in [2.05, 4.69) is 20.1 Å². The molecule has 10 heteroatoms. The molecule has 1 aliphatic rings. The molecule has 0 aliphatic carbocycles. The maximum Gasteiger partial charge on any atom is 0.250 e. The molecule has 0 bridgehead atoms. The minimum atomic E-state index is -0.571. The van der Waals surface area contributed by atoms with Crippen LogP contribution in [0.5, 0.6) is 0 Å². The molecule has 3 aromatic rings. The third-order valence-corrected chi connectivity index (χ3v) is 5.66. The van der Waals surface area contributed by atoms with Gasteiger partial charge in [-0.1, -0.05) is 11.6 Å². The van der Waals surface area contributed by atoms with Gasteiger partial charge < -0.3 is 15.1 Å². The summed E-state index contributed by atoms with van der Waals surface area (Å²) in [5.41, 5.74) is 5.53. The summed E-state index contributed by atoms with van der Waals surface area (Å²) in [7, 11) is 0. The molecular formula is C17H17ClN6O2S. The minimum Gasteiger partial charge on any atom is -0.467 e. The maximum atomic E-state index is 11.3. The number of pyridine rings is 1. The highest BCUT2D eigenvalue weighted by atomic mass is 35.5. The number of carbonyl (C=O) groups excluding carboxylic acids is 1. The zero-order chi connectivity index (χ0) is 18.8. The standard InChI is InChI=1S/C17H17ClN6O2S/c18-13-8-11(14(19)25)9-20-15(13)27-17-22-21-16(23-5-1-2-6-23)24(17)10-12-4-3-7-26-12/h3-4,7-9H,1-2,5-6,10H2,(H2,19,25). The van der Waals surface area contributed by atoms with Crippen molar-refractivity contribution >= 4 is 35.2 Å². The van der Waals surface area contributed by atoms with Crippen molar-refractivity contribution in [2.75, 3.05) is 18.0 Å². The van der Waals surface area contributed by atoms with Crippen LogP contribution in [-0.4, -0.2) is 38.7 Å². The number of primary amides is 1. The average Bonchev–Trinajstić information content (AvgIpc) is 3.40. The van der Waals surface area contributed by atoms with Gasteiger partial charge in [-0.05, 0) is 42.8 Å². The van der Waals surface area contributed by atoms with Crippen molar-refractivity contribution in [2.45, 2.75) is 29.6 Å². The molecule has 0 unspecified atom stereocenters. The van der Waals surface area contributed by atoms with E-state index >= 15 is 0 Å². The van der Waals surface area contributed by atoms with Gasteiger partial charge in [0.15, 0.2) is 5.16 Å². The lowest BCUT2D eigenvalue weighted by Crippen LogP contribution is -2.22. The van der Waals surface area contributed by atoms with Gasteiger partial charge in [-0.3, -0.25) is 9.36 Å². The molecule has 4 heterocycles. The number of anilines is 1. The average molecular weight is 405 g/mol. The van der Waals surface area contributed by atoms with E-state index in [1.165, 1.54) is 24.0 Å². The van der Waals surface area contributed by atoms with Crippen LogP contribution in [0.3, 0.4) is 0 Å². The van der Waals surface area contributed by atoms with Gasteiger partial charge in [0.1, 0.15) is 10.8 Å². The molecule has 4 rings (SSSR count). The van der Waals surface area contributed by atoms with Crippen LogP contribution in [0.2, 0.25) is 5.02 Å². The van der Waals surface area contributed by atoms with Crippen molar-refractivity contribution in [3.8, 4) is 0 Å². The number of aromatic nitrogens is 4. The predicted octanol–water partition coefficient (Wildman–Crippen LogP) is 2.82. The van der Waals surface area contributed by atoms with Crippen molar-refractivity contribution < 1.29 is 9.21 Å². The van der Waals surface area contributed by atoms with Crippen molar-refractivity contribution in [1.82, 2.24) is 19.7 Å². The van der Waals surface area contributed by atoms with Gasteiger partial charge in [0.25, 0.3) is 0 Å². The van der Waals surface area contributed by atoms with Crippen LogP contribution in [-0.2, 0) is 6.54 Å². The molecular weight excluding hydrogens is 388 g/mol. The summed E-state index contributed by atoms with van der Waals surface area (Å²) in [6, 6.07) is 5.27. The zero-order valence-electron chi connectivity index (χ0n) is 14.3. The first kappa shape index (κ1) is 17.9. The Kier molecular flexibility index (Phi) is 5.04. The van der Waals surface area contributed by atoms with Crippen molar-refractivity contribution in [3.63, 3.8) is 0 Å². The molecule has 1 amide bonds. The fraction of sp³-hybridized carbons (Fsp3) is 0.294. The highest BCUT2D eigenvalue weighted by molar-refractivity contribution is 7.99. The lowest BCUT2D eigenvalue weighted by atomic mass is 10.3. The van der Waals surface area contributed by atoms with Crippen molar-refractivity contribution in [1.29, 1.82) is 0 Å². The Morgan fingerprint density at radius 3 is 2.81 bits per heavy atom.